The minimum absolute atomic E-state index is 0.106. The first-order valence-electron chi connectivity index (χ1n) is 6.37. The van der Waals surface area contributed by atoms with Crippen LogP contribution < -0.4 is 0 Å². The van der Waals surface area contributed by atoms with Crippen molar-refractivity contribution in [3.63, 3.8) is 0 Å². The summed E-state index contributed by atoms with van der Waals surface area (Å²) in [6.07, 6.45) is -0.213. The van der Waals surface area contributed by atoms with Gasteiger partial charge in [-0.15, -0.1) is 0 Å². The van der Waals surface area contributed by atoms with Crippen molar-refractivity contribution >= 4 is 21.9 Å². The number of hydrogen-bond donors (Lipinski definition) is 0. The van der Waals surface area contributed by atoms with E-state index in [0.29, 0.717) is 25.2 Å². The summed E-state index contributed by atoms with van der Waals surface area (Å²) in [6, 6.07) is 5.31. The average molecular weight is 348 g/mol. The van der Waals surface area contributed by atoms with E-state index in [1.54, 1.807) is 12.1 Å². The van der Waals surface area contributed by atoms with Crippen molar-refractivity contribution in [2.75, 3.05) is 20.2 Å². The second-order valence-electron chi connectivity index (χ2n) is 4.97. The smallest absolute Gasteiger partial charge is 0.337 e. The highest BCUT2D eigenvalue weighted by molar-refractivity contribution is 9.10. The van der Waals surface area contributed by atoms with E-state index >= 15 is 0 Å². The van der Waals surface area contributed by atoms with E-state index in [9.17, 15) is 13.6 Å². The summed E-state index contributed by atoms with van der Waals surface area (Å²) in [5.74, 6) is -2.94. The number of likely N-dealkylation sites (tertiary alicyclic amines) is 1. The fourth-order valence-corrected chi connectivity index (χ4v) is 2.81. The number of rotatable bonds is 3. The fourth-order valence-electron chi connectivity index (χ4n) is 2.27. The van der Waals surface area contributed by atoms with E-state index in [-0.39, 0.29) is 12.8 Å². The minimum Gasteiger partial charge on any atom is -0.465 e. The van der Waals surface area contributed by atoms with Crippen LogP contribution in [-0.2, 0) is 11.3 Å². The van der Waals surface area contributed by atoms with Crippen molar-refractivity contribution < 1.29 is 18.3 Å². The predicted octanol–water partition coefficient (Wildman–Crippen LogP) is 3.47. The molecule has 1 fully saturated rings. The molecule has 3 nitrogen and oxygen atoms in total. The first-order chi connectivity index (χ1) is 9.39. The molecule has 0 atom stereocenters. The Morgan fingerprint density at radius 1 is 1.35 bits per heavy atom. The van der Waals surface area contributed by atoms with Gasteiger partial charge in [0.2, 0.25) is 0 Å². The Morgan fingerprint density at radius 2 is 2.00 bits per heavy atom. The van der Waals surface area contributed by atoms with Gasteiger partial charge in [-0.2, -0.15) is 0 Å². The Bertz CT molecular complexity index is 498. The van der Waals surface area contributed by atoms with Gasteiger partial charge in [0, 0.05) is 36.9 Å². The number of piperidine rings is 1. The maximum Gasteiger partial charge on any atom is 0.337 e. The van der Waals surface area contributed by atoms with Crippen molar-refractivity contribution in [1.82, 2.24) is 4.90 Å². The molecule has 110 valence electrons. The zero-order valence-electron chi connectivity index (χ0n) is 11.2. The van der Waals surface area contributed by atoms with Gasteiger partial charge in [-0.3, -0.25) is 4.90 Å². The Morgan fingerprint density at radius 3 is 2.60 bits per heavy atom. The Kier molecular flexibility index (Phi) is 4.75. The van der Waals surface area contributed by atoms with Gasteiger partial charge >= 0.3 is 5.97 Å². The number of esters is 1. The molecule has 1 aliphatic heterocycles. The van der Waals surface area contributed by atoms with Crippen LogP contribution in [0, 0.1) is 0 Å². The number of alkyl halides is 2. The lowest BCUT2D eigenvalue weighted by molar-refractivity contribution is -0.0566. The molecular weight excluding hydrogens is 332 g/mol. The van der Waals surface area contributed by atoms with E-state index in [1.807, 2.05) is 11.0 Å². The van der Waals surface area contributed by atoms with Crippen molar-refractivity contribution in [3.05, 3.63) is 33.8 Å². The molecule has 0 saturated carbocycles. The standard InChI is InChI=1S/C14H16BrF2NO2/c1-20-13(19)11-6-10(7-12(15)8-11)9-18-4-2-14(16,17)3-5-18/h6-8H,2-5,9H2,1H3. The molecule has 1 aliphatic rings. The molecule has 0 amide bonds. The predicted molar refractivity (Wildman–Crippen MR) is 74.9 cm³/mol. The van der Waals surface area contributed by atoms with Gasteiger partial charge in [0.1, 0.15) is 0 Å². The average Bonchev–Trinajstić information content (AvgIpc) is 2.39. The number of methoxy groups -OCH3 is 1. The molecular formula is C14H16BrF2NO2. The number of nitrogens with zero attached hydrogens (tertiary/aromatic N) is 1. The molecule has 0 bridgehead atoms. The van der Waals surface area contributed by atoms with Gasteiger partial charge in [0.05, 0.1) is 12.7 Å². The van der Waals surface area contributed by atoms with Crippen LogP contribution in [0.4, 0.5) is 8.78 Å². The van der Waals surface area contributed by atoms with Gasteiger partial charge in [-0.1, -0.05) is 15.9 Å². The summed E-state index contributed by atoms with van der Waals surface area (Å²) in [4.78, 5) is 13.5. The van der Waals surface area contributed by atoms with Crippen LogP contribution in [0.2, 0.25) is 0 Å². The Labute approximate surface area is 125 Å². The molecule has 0 aromatic heterocycles. The molecule has 20 heavy (non-hydrogen) atoms. The highest BCUT2D eigenvalue weighted by atomic mass is 79.9. The van der Waals surface area contributed by atoms with Crippen molar-refractivity contribution in [2.45, 2.75) is 25.3 Å². The highest BCUT2D eigenvalue weighted by Crippen LogP contribution is 2.28. The van der Waals surface area contributed by atoms with Crippen LogP contribution in [-0.4, -0.2) is 37.0 Å². The summed E-state index contributed by atoms with van der Waals surface area (Å²) < 4.78 is 31.7. The van der Waals surface area contributed by atoms with Gasteiger partial charge in [-0.05, 0) is 23.8 Å². The lowest BCUT2D eigenvalue weighted by atomic mass is 10.1. The summed E-state index contributed by atoms with van der Waals surface area (Å²) in [6.45, 7) is 1.29. The molecule has 0 spiro atoms. The molecule has 1 heterocycles. The molecule has 1 aromatic carbocycles. The van der Waals surface area contributed by atoms with E-state index in [1.165, 1.54) is 7.11 Å². The van der Waals surface area contributed by atoms with E-state index in [0.717, 1.165) is 10.0 Å². The number of ether oxygens (including phenoxy) is 1. The zero-order chi connectivity index (χ0) is 14.8. The van der Waals surface area contributed by atoms with Gasteiger partial charge < -0.3 is 4.74 Å². The van der Waals surface area contributed by atoms with Crippen molar-refractivity contribution in [1.29, 1.82) is 0 Å². The maximum atomic E-state index is 13.1. The fraction of sp³-hybridized carbons (Fsp3) is 0.500. The summed E-state index contributed by atoms with van der Waals surface area (Å²) in [5, 5.41) is 0. The summed E-state index contributed by atoms with van der Waals surface area (Å²) >= 11 is 3.35. The van der Waals surface area contributed by atoms with E-state index in [4.69, 9.17) is 4.74 Å². The normalized spacial score (nSPS) is 18.8. The highest BCUT2D eigenvalue weighted by Gasteiger charge is 2.33. The third-order valence-corrected chi connectivity index (χ3v) is 3.83. The van der Waals surface area contributed by atoms with E-state index < -0.39 is 11.9 Å². The second-order valence-corrected chi connectivity index (χ2v) is 5.89. The topological polar surface area (TPSA) is 29.5 Å². The third-order valence-electron chi connectivity index (χ3n) is 3.37. The first kappa shape index (κ1) is 15.4. The van der Waals surface area contributed by atoms with Crippen LogP contribution >= 0.6 is 15.9 Å². The maximum absolute atomic E-state index is 13.1. The monoisotopic (exact) mass is 347 g/mol. The van der Waals surface area contributed by atoms with Crippen LogP contribution in [0.3, 0.4) is 0 Å². The summed E-state index contributed by atoms with van der Waals surface area (Å²) in [7, 11) is 1.33. The number of benzene rings is 1. The first-order valence-corrected chi connectivity index (χ1v) is 7.17. The number of carbonyl (C=O) groups excluding carboxylic acids is 1. The molecule has 1 saturated heterocycles. The van der Waals surface area contributed by atoms with Gasteiger partial charge in [0.25, 0.3) is 5.92 Å². The largest absolute Gasteiger partial charge is 0.465 e. The number of carbonyl (C=O) groups is 1. The second kappa shape index (κ2) is 6.18. The lowest BCUT2D eigenvalue weighted by Gasteiger charge is -2.31. The zero-order valence-corrected chi connectivity index (χ0v) is 12.8. The van der Waals surface area contributed by atoms with Crippen LogP contribution in [0.5, 0.6) is 0 Å². The third kappa shape index (κ3) is 3.99. The lowest BCUT2D eigenvalue weighted by Crippen LogP contribution is -2.38. The van der Waals surface area contributed by atoms with Crippen molar-refractivity contribution in [2.24, 2.45) is 0 Å². The molecule has 2 rings (SSSR count). The number of hydrogen-bond acceptors (Lipinski definition) is 3. The van der Waals surface area contributed by atoms with Crippen molar-refractivity contribution in [3.8, 4) is 0 Å². The molecule has 1 aromatic rings. The van der Waals surface area contributed by atoms with Gasteiger partial charge in [-0.25, -0.2) is 13.6 Å². The Balaban J connectivity index is 2.06. The van der Waals surface area contributed by atoms with Crippen LogP contribution in [0.15, 0.2) is 22.7 Å². The van der Waals surface area contributed by atoms with Gasteiger partial charge in [0.15, 0.2) is 0 Å². The van der Waals surface area contributed by atoms with E-state index in [2.05, 4.69) is 15.9 Å². The summed E-state index contributed by atoms with van der Waals surface area (Å²) in [5.41, 5.74) is 1.37. The number of halogens is 3. The van der Waals surface area contributed by atoms with Crippen LogP contribution in [0.25, 0.3) is 0 Å². The molecule has 0 aliphatic carbocycles. The molecule has 0 radical (unpaired) electrons. The molecule has 0 unspecified atom stereocenters. The Hall–Kier alpha value is -1.01. The molecule has 0 N–H and O–H groups in total. The quantitative estimate of drug-likeness (QED) is 0.784. The SMILES string of the molecule is COC(=O)c1cc(Br)cc(CN2CCC(F)(F)CC2)c1. The van der Waals surface area contributed by atoms with Crippen LogP contribution in [0.1, 0.15) is 28.8 Å². The minimum atomic E-state index is -2.54. The molecule has 6 heteroatoms.